The van der Waals surface area contributed by atoms with Crippen LogP contribution in [0.2, 0.25) is 0 Å². The summed E-state index contributed by atoms with van der Waals surface area (Å²) in [6.45, 7) is 3.24. The monoisotopic (exact) mass is 358 g/mol. The van der Waals surface area contributed by atoms with E-state index in [0.29, 0.717) is 13.2 Å². The molecule has 0 spiro atoms. The van der Waals surface area contributed by atoms with Crippen LogP contribution in [-0.2, 0) is 16.6 Å². The average molecular weight is 358 g/mol. The van der Waals surface area contributed by atoms with E-state index in [-0.39, 0.29) is 4.90 Å². The minimum Gasteiger partial charge on any atom is -0.494 e. The third kappa shape index (κ3) is 4.46. The first-order chi connectivity index (χ1) is 11.9. The second-order valence-electron chi connectivity index (χ2n) is 5.53. The van der Waals surface area contributed by atoms with Crippen LogP contribution in [0.3, 0.4) is 0 Å². The molecule has 25 heavy (non-hydrogen) atoms. The third-order valence-corrected chi connectivity index (χ3v) is 5.47. The highest BCUT2D eigenvalue weighted by Crippen LogP contribution is 2.21. The largest absolute Gasteiger partial charge is 0.494 e. The van der Waals surface area contributed by atoms with Gasteiger partial charge in [-0.3, -0.25) is 0 Å². The van der Waals surface area contributed by atoms with E-state index < -0.39 is 10.0 Å². The Morgan fingerprint density at radius 3 is 2.16 bits per heavy atom. The number of rotatable bonds is 7. The van der Waals surface area contributed by atoms with Crippen molar-refractivity contribution in [1.29, 1.82) is 0 Å². The lowest BCUT2D eigenvalue weighted by Crippen LogP contribution is -2.22. The van der Waals surface area contributed by atoms with Crippen LogP contribution in [0.4, 0.5) is 5.69 Å². The SMILES string of the molecule is C#CN(C)S(=O)(=O)c1ccc(CN(C)c2ccc(OCC)cc2)cc1. The van der Waals surface area contributed by atoms with Gasteiger partial charge in [0.1, 0.15) is 5.75 Å². The molecule has 2 aromatic carbocycles. The summed E-state index contributed by atoms with van der Waals surface area (Å²) < 4.78 is 30.6. The lowest BCUT2D eigenvalue weighted by atomic mass is 10.2. The fraction of sp³-hybridized carbons (Fsp3) is 0.263. The number of nitrogens with zero attached hydrogens (tertiary/aromatic N) is 2. The Hall–Kier alpha value is -2.65. The van der Waals surface area contributed by atoms with Crippen LogP contribution in [0.1, 0.15) is 12.5 Å². The first kappa shape index (κ1) is 18.7. The Bertz CT molecular complexity index is 838. The van der Waals surface area contributed by atoms with Crippen molar-refractivity contribution in [1.82, 2.24) is 4.31 Å². The predicted octanol–water partition coefficient (Wildman–Crippen LogP) is 2.93. The van der Waals surface area contributed by atoms with E-state index in [9.17, 15) is 8.42 Å². The maximum Gasteiger partial charge on any atom is 0.270 e. The molecule has 0 bridgehead atoms. The molecular weight excluding hydrogens is 336 g/mol. The van der Waals surface area contributed by atoms with Crippen LogP contribution in [-0.4, -0.2) is 33.4 Å². The topological polar surface area (TPSA) is 49.9 Å². The molecule has 132 valence electrons. The highest BCUT2D eigenvalue weighted by Gasteiger charge is 2.18. The summed E-state index contributed by atoms with van der Waals surface area (Å²) in [5.74, 6) is 0.840. The number of terminal acetylenes is 1. The van der Waals surface area contributed by atoms with Gasteiger partial charge in [0.15, 0.2) is 0 Å². The molecule has 0 N–H and O–H groups in total. The van der Waals surface area contributed by atoms with Gasteiger partial charge in [-0.25, -0.2) is 12.7 Å². The van der Waals surface area contributed by atoms with Crippen molar-refractivity contribution >= 4 is 15.7 Å². The van der Waals surface area contributed by atoms with E-state index in [0.717, 1.165) is 21.3 Å². The Kier molecular flexibility index (Phi) is 5.94. The highest BCUT2D eigenvalue weighted by atomic mass is 32.2. The predicted molar refractivity (Wildman–Crippen MR) is 99.9 cm³/mol. The normalized spacial score (nSPS) is 10.8. The van der Waals surface area contributed by atoms with Crippen molar-refractivity contribution < 1.29 is 13.2 Å². The summed E-state index contributed by atoms with van der Waals surface area (Å²) in [5.41, 5.74) is 2.05. The summed E-state index contributed by atoms with van der Waals surface area (Å²) in [6, 6.07) is 16.7. The number of benzene rings is 2. The van der Waals surface area contributed by atoms with Gasteiger partial charge >= 0.3 is 0 Å². The van der Waals surface area contributed by atoms with Gasteiger partial charge in [-0.2, -0.15) is 0 Å². The Morgan fingerprint density at radius 1 is 1.04 bits per heavy atom. The molecule has 0 atom stereocenters. The third-order valence-electron chi connectivity index (χ3n) is 3.77. The van der Waals surface area contributed by atoms with Gasteiger partial charge in [-0.1, -0.05) is 18.6 Å². The first-order valence-electron chi connectivity index (χ1n) is 7.86. The summed E-state index contributed by atoms with van der Waals surface area (Å²) in [7, 11) is -0.298. The standard InChI is InChI=1S/C19H22N2O3S/c1-5-21(4)25(22,23)19-13-7-16(8-14-19)15-20(3)17-9-11-18(12-10-17)24-6-2/h1,7-14H,6,15H2,2-4H3. The molecule has 6 heteroatoms. The number of hydrogen-bond donors (Lipinski definition) is 0. The molecular formula is C19H22N2O3S. The minimum atomic E-state index is -3.63. The number of sulfonamides is 1. The van der Waals surface area contributed by atoms with Crippen molar-refractivity contribution in [3.05, 3.63) is 54.1 Å². The van der Waals surface area contributed by atoms with Crippen molar-refractivity contribution in [3.8, 4) is 18.2 Å². The summed E-state index contributed by atoms with van der Waals surface area (Å²) >= 11 is 0. The van der Waals surface area contributed by atoms with Gasteiger partial charge in [0.2, 0.25) is 0 Å². The number of anilines is 1. The Balaban J connectivity index is 2.09. The zero-order valence-corrected chi connectivity index (χ0v) is 15.5. The van der Waals surface area contributed by atoms with Crippen molar-refractivity contribution in [2.75, 3.05) is 25.6 Å². The molecule has 0 fully saturated rings. The second-order valence-corrected chi connectivity index (χ2v) is 7.50. The van der Waals surface area contributed by atoms with Crippen molar-refractivity contribution in [2.45, 2.75) is 18.4 Å². The van der Waals surface area contributed by atoms with Gasteiger partial charge in [0.05, 0.1) is 11.5 Å². The number of hydrogen-bond acceptors (Lipinski definition) is 4. The van der Waals surface area contributed by atoms with Gasteiger partial charge in [0, 0.05) is 32.4 Å². The molecule has 0 saturated carbocycles. The summed E-state index contributed by atoms with van der Waals surface area (Å²) in [5, 5.41) is 0. The lowest BCUT2D eigenvalue weighted by Gasteiger charge is -2.20. The molecule has 5 nitrogen and oxygen atoms in total. The first-order valence-corrected chi connectivity index (χ1v) is 9.30. The smallest absolute Gasteiger partial charge is 0.270 e. The summed E-state index contributed by atoms with van der Waals surface area (Å²) in [6.07, 6.45) is 5.17. The molecule has 0 aliphatic heterocycles. The van der Waals surface area contributed by atoms with Crippen molar-refractivity contribution in [3.63, 3.8) is 0 Å². The lowest BCUT2D eigenvalue weighted by molar-refractivity contribution is 0.340. The number of ether oxygens (including phenoxy) is 1. The van der Waals surface area contributed by atoms with Crippen LogP contribution >= 0.6 is 0 Å². The van der Waals surface area contributed by atoms with E-state index in [1.54, 1.807) is 24.3 Å². The molecule has 0 aromatic heterocycles. The Labute approximate surface area is 149 Å². The molecule has 0 radical (unpaired) electrons. The van der Waals surface area contributed by atoms with E-state index in [1.807, 2.05) is 38.2 Å². The zero-order chi connectivity index (χ0) is 18.4. The van der Waals surface area contributed by atoms with Gasteiger partial charge < -0.3 is 9.64 Å². The molecule has 0 aliphatic rings. The van der Waals surface area contributed by atoms with Gasteiger partial charge in [-0.15, -0.1) is 0 Å². The fourth-order valence-corrected chi connectivity index (χ4v) is 3.26. The molecule has 0 heterocycles. The molecule has 0 unspecified atom stereocenters. The maximum absolute atomic E-state index is 12.2. The van der Waals surface area contributed by atoms with E-state index in [1.165, 1.54) is 7.05 Å². The fourth-order valence-electron chi connectivity index (χ4n) is 2.32. The van der Waals surface area contributed by atoms with E-state index in [4.69, 9.17) is 11.2 Å². The van der Waals surface area contributed by atoms with Crippen LogP contribution < -0.4 is 9.64 Å². The van der Waals surface area contributed by atoms with E-state index in [2.05, 4.69) is 10.9 Å². The Morgan fingerprint density at radius 2 is 1.64 bits per heavy atom. The van der Waals surface area contributed by atoms with Crippen LogP contribution in [0, 0.1) is 12.5 Å². The van der Waals surface area contributed by atoms with Crippen LogP contribution in [0.25, 0.3) is 0 Å². The van der Waals surface area contributed by atoms with Crippen molar-refractivity contribution in [2.24, 2.45) is 0 Å². The van der Waals surface area contributed by atoms with Crippen LogP contribution in [0.5, 0.6) is 5.75 Å². The highest BCUT2D eigenvalue weighted by molar-refractivity contribution is 7.89. The molecule has 2 aromatic rings. The van der Waals surface area contributed by atoms with Gasteiger partial charge in [0.25, 0.3) is 10.0 Å². The molecule has 0 aliphatic carbocycles. The van der Waals surface area contributed by atoms with Crippen LogP contribution in [0.15, 0.2) is 53.4 Å². The maximum atomic E-state index is 12.2. The van der Waals surface area contributed by atoms with Gasteiger partial charge in [-0.05, 0) is 48.9 Å². The quantitative estimate of drug-likeness (QED) is 0.564. The average Bonchev–Trinajstić information content (AvgIpc) is 2.62. The molecule has 0 saturated heterocycles. The second kappa shape index (κ2) is 7.95. The minimum absolute atomic E-state index is 0.181. The molecule has 0 amide bonds. The zero-order valence-electron chi connectivity index (χ0n) is 14.6. The summed E-state index contributed by atoms with van der Waals surface area (Å²) in [4.78, 5) is 2.26. The van der Waals surface area contributed by atoms with E-state index >= 15 is 0 Å². The molecule has 2 rings (SSSR count).